The Morgan fingerprint density at radius 2 is 2.00 bits per heavy atom. The zero-order valence-electron chi connectivity index (χ0n) is 12.1. The fraction of sp³-hybridized carbons (Fsp3) is 0.133. The van der Waals surface area contributed by atoms with Crippen LogP contribution in [0.15, 0.2) is 41.2 Å². The van der Waals surface area contributed by atoms with E-state index in [1.54, 1.807) is 11.3 Å². The monoisotopic (exact) mass is 348 g/mol. The van der Waals surface area contributed by atoms with E-state index in [-0.39, 0.29) is 11.9 Å². The van der Waals surface area contributed by atoms with Crippen LogP contribution in [-0.2, 0) is 0 Å². The average Bonchev–Trinajstić information content (AvgIpc) is 3.17. The summed E-state index contributed by atoms with van der Waals surface area (Å²) in [4.78, 5) is 27.4. The molecule has 0 fully saturated rings. The second kappa shape index (κ2) is 6.39. The molecule has 0 aliphatic rings. The Kier molecular flexibility index (Phi) is 4.31. The molecule has 3 rings (SSSR count). The number of hydrogen-bond donors (Lipinski definition) is 3. The third-order valence-electron chi connectivity index (χ3n) is 3.25. The Balaban J connectivity index is 1.73. The predicted octanol–water partition coefficient (Wildman–Crippen LogP) is 2.97. The molecule has 0 saturated carbocycles. The lowest BCUT2D eigenvalue weighted by molar-refractivity contribution is 0.0930. The van der Waals surface area contributed by atoms with Crippen molar-refractivity contribution in [3.63, 3.8) is 0 Å². The highest BCUT2D eigenvalue weighted by molar-refractivity contribution is 7.15. The van der Waals surface area contributed by atoms with E-state index in [4.69, 9.17) is 11.6 Å². The van der Waals surface area contributed by atoms with Crippen LogP contribution in [0.1, 0.15) is 28.5 Å². The van der Waals surface area contributed by atoms with Crippen molar-refractivity contribution in [1.29, 1.82) is 0 Å². The Labute approximate surface area is 140 Å². The second-order valence-corrected chi connectivity index (χ2v) is 6.48. The summed E-state index contributed by atoms with van der Waals surface area (Å²) in [6.07, 6.45) is 0. The number of amides is 1. The van der Waals surface area contributed by atoms with Gasteiger partial charge in [-0.3, -0.25) is 9.78 Å². The third kappa shape index (κ3) is 3.52. The van der Waals surface area contributed by atoms with Crippen LogP contribution in [0.25, 0.3) is 10.4 Å². The Hall–Kier alpha value is -2.38. The van der Waals surface area contributed by atoms with Crippen LogP contribution in [0.5, 0.6) is 0 Å². The van der Waals surface area contributed by atoms with Crippen molar-refractivity contribution < 1.29 is 4.79 Å². The number of H-pyrrole nitrogens is 2. The van der Waals surface area contributed by atoms with Gasteiger partial charge in [0.15, 0.2) is 0 Å². The first-order valence-electron chi connectivity index (χ1n) is 6.84. The Morgan fingerprint density at radius 1 is 1.26 bits per heavy atom. The van der Waals surface area contributed by atoms with Gasteiger partial charge in [0.1, 0.15) is 0 Å². The lowest BCUT2D eigenvalue weighted by Gasteiger charge is -2.10. The van der Waals surface area contributed by atoms with E-state index in [9.17, 15) is 9.59 Å². The molecule has 2 heterocycles. The number of thiophene rings is 1. The lowest BCUT2D eigenvalue weighted by Crippen LogP contribution is -2.27. The number of aromatic nitrogens is 3. The number of aromatic amines is 2. The minimum absolute atomic E-state index is 0.0312. The summed E-state index contributed by atoms with van der Waals surface area (Å²) in [7, 11) is 0. The van der Waals surface area contributed by atoms with Crippen molar-refractivity contribution in [2.75, 3.05) is 0 Å². The standard InChI is InChI=1S/C15H13ClN4O2S/c1-8(17-14(21)13-18-15(22)20-19-13)11-6-7-12(23-11)9-2-4-10(16)5-3-9/h2-8H,1H3,(H,17,21)(H2,18,19,20,22). The van der Waals surface area contributed by atoms with Crippen molar-refractivity contribution in [1.82, 2.24) is 20.5 Å². The van der Waals surface area contributed by atoms with Gasteiger partial charge >= 0.3 is 5.69 Å². The summed E-state index contributed by atoms with van der Waals surface area (Å²) < 4.78 is 0. The van der Waals surface area contributed by atoms with Crippen LogP contribution < -0.4 is 11.0 Å². The van der Waals surface area contributed by atoms with E-state index in [0.29, 0.717) is 5.02 Å². The second-order valence-electron chi connectivity index (χ2n) is 4.93. The van der Waals surface area contributed by atoms with Crippen LogP contribution in [-0.4, -0.2) is 21.1 Å². The average molecular weight is 349 g/mol. The van der Waals surface area contributed by atoms with Gasteiger partial charge in [0.05, 0.1) is 6.04 Å². The molecule has 1 unspecified atom stereocenters. The summed E-state index contributed by atoms with van der Waals surface area (Å²) in [5.74, 6) is -0.464. The highest BCUT2D eigenvalue weighted by Gasteiger charge is 2.16. The van der Waals surface area contributed by atoms with E-state index < -0.39 is 11.6 Å². The minimum atomic E-state index is -0.510. The lowest BCUT2D eigenvalue weighted by atomic mass is 10.2. The van der Waals surface area contributed by atoms with Crippen molar-refractivity contribution in [2.45, 2.75) is 13.0 Å². The third-order valence-corrected chi connectivity index (χ3v) is 4.82. The Morgan fingerprint density at radius 3 is 2.65 bits per heavy atom. The summed E-state index contributed by atoms with van der Waals surface area (Å²) in [5, 5.41) is 9.26. The van der Waals surface area contributed by atoms with Gasteiger partial charge in [-0.1, -0.05) is 23.7 Å². The van der Waals surface area contributed by atoms with Crippen molar-refractivity contribution in [3.05, 3.63) is 62.6 Å². The number of halogens is 1. The van der Waals surface area contributed by atoms with Gasteiger partial charge in [-0.2, -0.15) is 0 Å². The molecule has 0 bridgehead atoms. The first kappa shape index (κ1) is 15.5. The fourth-order valence-corrected chi connectivity index (χ4v) is 3.21. The summed E-state index contributed by atoms with van der Waals surface area (Å²) in [5.41, 5.74) is 0.560. The number of nitrogens with zero attached hydrogens (tertiary/aromatic N) is 1. The SMILES string of the molecule is CC(NC(=O)c1n[nH]c(=O)[nH]1)c1ccc(-c2ccc(Cl)cc2)s1. The topological polar surface area (TPSA) is 90.6 Å². The zero-order chi connectivity index (χ0) is 16.4. The predicted molar refractivity (Wildman–Crippen MR) is 89.9 cm³/mol. The van der Waals surface area contributed by atoms with Gasteiger partial charge in [-0.25, -0.2) is 9.89 Å². The smallest absolute Gasteiger partial charge is 0.341 e. The molecule has 1 atom stereocenters. The first-order chi connectivity index (χ1) is 11.0. The molecule has 0 spiro atoms. The van der Waals surface area contributed by atoms with Crippen LogP contribution >= 0.6 is 22.9 Å². The molecule has 3 aromatic rings. The zero-order valence-corrected chi connectivity index (χ0v) is 13.7. The molecule has 0 radical (unpaired) electrons. The summed E-state index contributed by atoms with van der Waals surface area (Å²) >= 11 is 7.48. The number of benzene rings is 1. The van der Waals surface area contributed by atoms with Crippen LogP contribution in [0, 0.1) is 0 Å². The van der Waals surface area contributed by atoms with E-state index in [1.807, 2.05) is 43.3 Å². The van der Waals surface area contributed by atoms with E-state index >= 15 is 0 Å². The largest absolute Gasteiger partial charge is 0.342 e. The van der Waals surface area contributed by atoms with Gasteiger partial charge < -0.3 is 5.32 Å². The van der Waals surface area contributed by atoms with Gasteiger partial charge in [0.25, 0.3) is 5.91 Å². The molecule has 23 heavy (non-hydrogen) atoms. The minimum Gasteiger partial charge on any atom is -0.342 e. The summed E-state index contributed by atoms with van der Waals surface area (Å²) in [6.45, 7) is 1.88. The number of carbonyl (C=O) groups excluding carboxylic acids is 1. The maximum Gasteiger partial charge on any atom is 0.341 e. The van der Waals surface area contributed by atoms with Gasteiger partial charge in [-0.15, -0.1) is 16.4 Å². The highest BCUT2D eigenvalue weighted by Crippen LogP contribution is 2.32. The number of rotatable bonds is 4. The maximum atomic E-state index is 12.0. The molecule has 8 heteroatoms. The molecule has 1 amide bonds. The molecule has 1 aromatic carbocycles. The van der Waals surface area contributed by atoms with Crippen LogP contribution in [0.4, 0.5) is 0 Å². The number of hydrogen-bond acceptors (Lipinski definition) is 4. The molecule has 6 nitrogen and oxygen atoms in total. The molecular formula is C15H13ClN4O2S. The van der Waals surface area contributed by atoms with Gasteiger partial charge in [0.2, 0.25) is 5.82 Å². The van der Waals surface area contributed by atoms with E-state index in [0.717, 1.165) is 15.3 Å². The maximum absolute atomic E-state index is 12.0. The highest BCUT2D eigenvalue weighted by atomic mass is 35.5. The Bertz CT molecular complexity index is 881. The van der Waals surface area contributed by atoms with Crippen molar-refractivity contribution in [2.24, 2.45) is 0 Å². The normalized spacial score (nSPS) is 12.1. The van der Waals surface area contributed by atoms with E-state index in [2.05, 4.69) is 20.5 Å². The molecule has 0 aliphatic heterocycles. The summed E-state index contributed by atoms with van der Waals surface area (Å²) in [6, 6.07) is 11.4. The number of nitrogens with one attached hydrogen (secondary N) is 3. The van der Waals surface area contributed by atoms with Gasteiger partial charge in [0, 0.05) is 14.8 Å². The quantitative estimate of drug-likeness (QED) is 0.677. The van der Waals surface area contributed by atoms with Crippen LogP contribution in [0.2, 0.25) is 5.02 Å². The molecule has 2 aromatic heterocycles. The molecule has 3 N–H and O–H groups in total. The first-order valence-corrected chi connectivity index (χ1v) is 8.03. The fourth-order valence-electron chi connectivity index (χ4n) is 2.07. The van der Waals surface area contributed by atoms with E-state index in [1.165, 1.54) is 0 Å². The van der Waals surface area contributed by atoms with Gasteiger partial charge in [-0.05, 0) is 36.8 Å². The molecule has 0 aliphatic carbocycles. The molecule has 118 valence electrons. The van der Waals surface area contributed by atoms with Crippen LogP contribution in [0.3, 0.4) is 0 Å². The molecule has 0 saturated heterocycles. The molecular weight excluding hydrogens is 336 g/mol. The number of carbonyl (C=O) groups is 1. The van der Waals surface area contributed by atoms with Crippen molar-refractivity contribution >= 4 is 28.8 Å². The van der Waals surface area contributed by atoms with Crippen molar-refractivity contribution in [3.8, 4) is 10.4 Å².